The lowest BCUT2D eigenvalue weighted by atomic mass is 10.1. The van der Waals surface area contributed by atoms with E-state index >= 15 is 0 Å². The molecule has 2 aromatic rings. The first-order valence-corrected chi connectivity index (χ1v) is 9.31. The normalized spacial score (nSPS) is 11.7. The van der Waals surface area contributed by atoms with Crippen LogP contribution in [0.1, 0.15) is 49.7 Å². The Kier molecular flexibility index (Phi) is 7.05. The van der Waals surface area contributed by atoms with Crippen molar-refractivity contribution < 1.29 is 14.0 Å². The van der Waals surface area contributed by atoms with Crippen molar-refractivity contribution in [3.05, 3.63) is 47.9 Å². The molecule has 2 amide bonds. The van der Waals surface area contributed by atoms with Crippen molar-refractivity contribution in [2.75, 3.05) is 24.3 Å². The van der Waals surface area contributed by atoms with E-state index in [1.54, 1.807) is 12.1 Å². The first kappa shape index (κ1) is 20.6. The monoisotopic (exact) mass is 371 g/mol. The fourth-order valence-electron chi connectivity index (χ4n) is 2.85. The van der Waals surface area contributed by atoms with E-state index in [1.807, 2.05) is 55.9 Å². The zero-order valence-electron chi connectivity index (χ0n) is 16.8. The molecule has 0 spiro atoms. The molecule has 1 N–H and O–H groups in total. The van der Waals surface area contributed by atoms with Crippen molar-refractivity contribution in [1.29, 1.82) is 0 Å². The van der Waals surface area contributed by atoms with Crippen LogP contribution in [0.4, 0.5) is 11.4 Å². The highest BCUT2D eigenvalue weighted by Gasteiger charge is 2.24. The summed E-state index contributed by atoms with van der Waals surface area (Å²) in [5.74, 6) is 0.156. The van der Waals surface area contributed by atoms with E-state index in [0.717, 1.165) is 23.4 Å². The molecule has 0 aliphatic carbocycles. The third-order valence-corrected chi connectivity index (χ3v) is 4.62. The second kappa shape index (κ2) is 9.26. The van der Waals surface area contributed by atoms with E-state index in [1.165, 1.54) is 6.26 Å². The Balaban J connectivity index is 2.38. The van der Waals surface area contributed by atoms with Gasteiger partial charge in [-0.05, 0) is 49.2 Å². The van der Waals surface area contributed by atoms with Gasteiger partial charge in [0.05, 0.1) is 6.26 Å². The summed E-state index contributed by atoms with van der Waals surface area (Å²) in [5.41, 5.74) is 2.70. The highest BCUT2D eigenvalue weighted by Crippen LogP contribution is 2.26. The minimum Gasteiger partial charge on any atom is -0.459 e. The molecule has 0 saturated heterocycles. The predicted octanol–water partition coefficient (Wildman–Crippen LogP) is 4.14. The molecule has 146 valence electrons. The molecule has 2 rings (SSSR count). The molecule has 0 unspecified atom stereocenters. The summed E-state index contributed by atoms with van der Waals surface area (Å²) in [5, 5.41) is 2.89. The van der Waals surface area contributed by atoms with E-state index in [4.69, 9.17) is 4.42 Å². The molecule has 0 bridgehead atoms. The maximum atomic E-state index is 12.9. The van der Waals surface area contributed by atoms with E-state index < -0.39 is 0 Å². The Morgan fingerprint density at radius 3 is 2.48 bits per heavy atom. The number of nitrogens with zero attached hydrogens (tertiary/aromatic N) is 2. The van der Waals surface area contributed by atoms with Gasteiger partial charge in [0.2, 0.25) is 5.91 Å². The standard InChI is InChI=1S/C21H29N3O3/c1-6-15(3)24(21(26)19-9-8-12-27-19)14-16-13-17(22-20(25)7-2)10-11-18(16)23(4)5/h8-13,15H,6-7,14H2,1-5H3,(H,22,25)/t15-/m0/s1. The molecule has 0 radical (unpaired) electrons. The number of hydrogen-bond acceptors (Lipinski definition) is 4. The van der Waals surface area contributed by atoms with Gasteiger partial charge in [-0.3, -0.25) is 9.59 Å². The summed E-state index contributed by atoms with van der Waals surface area (Å²) in [6.45, 7) is 6.33. The van der Waals surface area contributed by atoms with Gasteiger partial charge in [-0.25, -0.2) is 0 Å². The number of carbonyl (C=O) groups excluding carboxylic acids is 2. The third kappa shape index (κ3) is 5.12. The summed E-state index contributed by atoms with van der Waals surface area (Å²) >= 11 is 0. The van der Waals surface area contributed by atoms with Crippen LogP contribution in [0.15, 0.2) is 41.0 Å². The molecule has 1 aromatic heterocycles. The fourth-order valence-corrected chi connectivity index (χ4v) is 2.85. The first-order chi connectivity index (χ1) is 12.9. The van der Waals surface area contributed by atoms with Crippen molar-refractivity contribution in [2.45, 2.75) is 46.2 Å². The fraction of sp³-hybridized carbons (Fsp3) is 0.429. The molecule has 0 saturated carbocycles. The van der Waals surface area contributed by atoms with E-state index in [9.17, 15) is 9.59 Å². The van der Waals surface area contributed by atoms with Gasteiger partial charge >= 0.3 is 0 Å². The summed E-state index contributed by atoms with van der Waals surface area (Å²) < 4.78 is 5.32. The predicted molar refractivity (Wildman–Crippen MR) is 108 cm³/mol. The Hall–Kier alpha value is -2.76. The number of anilines is 2. The molecule has 27 heavy (non-hydrogen) atoms. The minimum atomic E-state index is -0.137. The van der Waals surface area contributed by atoms with Crippen molar-refractivity contribution in [2.24, 2.45) is 0 Å². The van der Waals surface area contributed by atoms with Crippen LogP contribution in [-0.4, -0.2) is 36.9 Å². The lowest BCUT2D eigenvalue weighted by Gasteiger charge is -2.30. The number of nitrogens with one attached hydrogen (secondary N) is 1. The van der Waals surface area contributed by atoms with Crippen LogP contribution in [0.2, 0.25) is 0 Å². The molecule has 0 aliphatic heterocycles. The van der Waals surface area contributed by atoms with Crippen molar-refractivity contribution in [1.82, 2.24) is 4.90 Å². The number of furan rings is 1. The maximum Gasteiger partial charge on any atom is 0.290 e. The molecule has 1 atom stereocenters. The third-order valence-electron chi connectivity index (χ3n) is 4.62. The summed E-state index contributed by atoms with van der Waals surface area (Å²) in [7, 11) is 3.93. The molecular weight excluding hydrogens is 342 g/mol. The molecule has 1 heterocycles. The second-order valence-corrected chi connectivity index (χ2v) is 6.81. The minimum absolute atomic E-state index is 0.0380. The summed E-state index contributed by atoms with van der Waals surface area (Å²) in [6, 6.07) is 9.23. The largest absolute Gasteiger partial charge is 0.459 e. The highest BCUT2D eigenvalue weighted by molar-refractivity contribution is 5.92. The molecule has 0 aliphatic rings. The van der Waals surface area contributed by atoms with Crippen LogP contribution in [-0.2, 0) is 11.3 Å². The molecule has 6 heteroatoms. The van der Waals surface area contributed by atoms with Crippen molar-refractivity contribution in [3.8, 4) is 0 Å². The van der Waals surface area contributed by atoms with E-state index in [-0.39, 0.29) is 17.9 Å². The zero-order chi connectivity index (χ0) is 20.0. The molecular formula is C21H29N3O3. The van der Waals surface area contributed by atoms with Gasteiger partial charge in [0.15, 0.2) is 5.76 Å². The van der Waals surface area contributed by atoms with Gasteiger partial charge in [-0.1, -0.05) is 13.8 Å². The Bertz CT molecular complexity index is 769. The SMILES string of the molecule is CCC(=O)Nc1ccc(N(C)C)c(CN(C(=O)c2ccco2)[C@@H](C)CC)c1. The van der Waals surface area contributed by atoms with Gasteiger partial charge in [-0.2, -0.15) is 0 Å². The highest BCUT2D eigenvalue weighted by atomic mass is 16.3. The summed E-state index contributed by atoms with van der Waals surface area (Å²) in [6.07, 6.45) is 2.75. The van der Waals surface area contributed by atoms with Crippen LogP contribution in [0.3, 0.4) is 0 Å². The smallest absolute Gasteiger partial charge is 0.290 e. The number of benzene rings is 1. The van der Waals surface area contributed by atoms with Gasteiger partial charge in [-0.15, -0.1) is 0 Å². The van der Waals surface area contributed by atoms with Gasteiger partial charge < -0.3 is 19.5 Å². The van der Waals surface area contributed by atoms with Crippen molar-refractivity contribution >= 4 is 23.2 Å². The summed E-state index contributed by atoms with van der Waals surface area (Å²) in [4.78, 5) is 28.5. The topological polar surface area (TPSA) is 65.8 Å². The molecule has 1 aromatic carbocycles. The van der Waals surface area contributed by atoms with E-state index in [0.29, 0.717) is 18.7 Å². The van der Waals surface area contributed by atoms with E-state index in [2.05, 4.69) is 12.2 Å². The van der Waals surface area contributed by atoms with Crippen LogP contribution in [0, 0.1) is 0 Å². The lowest BCUT2D eigenvalue weighted by molar-refractivity contribution is -0.115. The van der Waals surface area contributed by atoms with Crippen LogP contribution in [0.5, 0.6) is 0 Å². The number of hydrogen-bond donors (Lipinski definition) is 1. The van der Waals surface area contributed by atoms with Crippen LogP contribution in [0.25, 0.3) is 0 Å². The quantitative estimate of drug-likeness (QED) is 0.757. The number of amides is 2. The van der Waals surface area contributed by atoms with Crippen LogP contribution < -0.4 is 10.2 Å². The zero-order valence-corrected chi connectivity index (χ0v) is 16.8. The average Bonchev–Trinajstić information content (AvgIpc) is 3.19. The lowest BCUT2D eigenvalue weighted by Crippen LogP contribution is -2.38. The van der Waals surface area contributed by atoms with Crippen LogP contribution >= 0.6 is 0 Å². The second-order valence-electron chi connectivity index (χ2n) is 6.81. The number of carbonyl (C=O) groups is 2. The number of rotatable bonds is 8. The first-order valence-electron chi connectivity index (χ1n) is 9.31. The average molecular weight is 371 g/mol. The Morgan fingerprint density at radius 2 is 1.93 bits per heavy atom. The van der Waals surface area contributed by atoms with Gasteiger partial charge in [0.25, 0.3) is 5.91 Å². The molecule has 6 nitrogen and oxygen atoms in total. The Morgan fingerprint density at radius 1 is 1.19 bits per heavy atom. The Labute approximate surface area is 161 Å². The maximum absolute atomic E-state index is 12.9. The molecule has 0 fully saturated rings. The van der Waals surface area contributed by atoms with Gasteiger partial charge in [0.1, 0.15) is 0 Å². The van der Waals surface area contributed by atoms with Gasteiger partial charge in [0, 0.05) is 44.5 Å². The van der Waals surface area contributed by atoms with Crippen molar-refractivity contribution in [3.63, 3.8) is 0 Å².